The Morgan fingerprint density at radius 1 is 0.879 bits per heavy atom. The second-order valence-electron chi connectivity index (χ2n) is 12.2. The van der Waals surface area contributed by atoms with Crippen molar-refractivity contribution < 1.29 is 4.43 Å². The van der Waals surface area contributed by atoms with Crippen LogP contribution in [0.4, 0.5) is 0 Å². The average molecular weight is 581 g/mol. The van der Waals surface area contributed by atoms with Crippen LogP contribution in [0.3, 0.4) is 0 Å². The van der Waals surface area contributed by atoms with Gasteiger partial charge in [0.2, 0.25) is 0 Å². The summed E-state index contributed by atoms with van der Waals surface area (Å²) in [4.78, 5) is 0. The quantitative estimate of drug-likeness (QED) is 0.203. The third-order valence-electron chi connectivity index (χ3n) is 8.66. The summed E-state index contributed by atoms with van der Waals surface area (Å²) in [5.74, 6) is 0. The van der Waals surface area contributed by atoms with Gasteiger partial charge in [0.05, 0.1) is 0 Å². The van der Waals surface area contributed by atoms with E-state index in [0.29, 0.717) is 12.1 Å². The molecule has 190 valence electrons. The summed E-state index contributed by atoms with van der Waals surface area (Å²) in [6.07, 6.45) is 10.9. The van der Waals surface area contributed by atoms with E-state index < -0.39 is 27.0 Å². The zero-order valence-corrected chi connectivity index (χ0v) is 27.2. The molecule has 1 aliphatic rings. The number of benzene rings is 1. The number of unbranched alkanes of at least 4 members (excludes halogenated alkanes) is 3. The number of nitrogens with zero attached hydrogens (tertiary/aromatic N) is 1. The molecule has 1 aliphatic heterocycles. The van der Waals surface area contributed by atoms with Crippen molar-refractivity contribution in [3.05, 3.63) is 35.9 Å². The standard InChI is InChI=1S/C17H28NOSi.3C4H9.Sn/c1-17(2,3)20(4,5)19-13-15-11-12-16(18-15)14-9-7-6-8-10-14;3*1-3-4-2;/h6-10,15-16H,11-13H2,1-5H3;3*1,3-4H2,2H3;/q-1;;;;+1/t15-,16-;;;;/m0..../s1. The summed E-state index contributed by atoms with van der Waals surface area (Å²) in [6.45, 7) is 20.2. The van der Waals surface area contributed by atoms with Crippen molar-refractivity contribution in [2.45, 2.75) is 136 Å². The van der Waals surface area contributed by atoms with Crippen molar-refractivity contribution in [1.82, 2.24) is 3.12 Å². The Hall–Kier alpha value is 0.156. The Kier molecular flexibility index (Phi) is 12.0. The Morgan fingerprint density at radius 2 is 1.39 bits per heavy atom. The van der Waals surface area contributed by atoms with Crippen LogP contribution in [0.5, 0.6) is 0 Å². The maximum atomic E-state index is 6.93. The first-order valence-corrected chi connectivity index (χ1v) is 24.3. The first-order valence-electron chi connectivity index (χ1n) is 14.1. The fourth-order valence-corrected chi connectivity index (χ4v) is 25.1. The van der Waals surface area contributed by atoms with Crippen molar-refractivity contribution in [2.75, 3.05) is 6.61 Å². The van der Waals surface area contributed by atoms with E-state index in [1.165, 1.54) is 51.4 Å². The van der Waals surface area contributed by atoms with Crippen molar-refractivity contribution in [1.29, 1.82) is 0 Å². The van der Waals surface area contributed by atoms with E-state index in [0.717, 1.165) is 6.61 Å². The Morgan fingerprint density at radius 3 is 1.85 bits per heavy atom. The van der Waals surface area contributed by atoms with Crippen molar-refractivity contribution in [3.63, 3.8) is 0 Å². The van der Waals surface area contributed by atoms with Crippen LogP contribution in [0.15, 0.2) is 30.3 Å². The maximum absolute atomic E-state index is 6.93. The van der Waals surface area contributed by atoms with E-state index in [1.54, 1.807) is 18.9 Å². The summed E-state index contributed by atoms with van der Waals surface area (Å²) in [6, 6.07) is 12.8. The van der Waals surface area contributed by atoms with Crippen LogP contribution in [0, 0.1) is 0 Å². The molecule has 1 fully saturated rings. The molecule has 0 radical (unpaired) electrons. The van der Waals surface area contributed by atoms with Gasteiger partial charge in [-0.25, -0.2) is 0 Å². The molecular formula is C29H55NOSiSn. The van der Waals surface area contributed by atoms with Gasteiger partial charge in [0.1, 0.15) is 0 Å². The molecule has 1 aromatic carbocycles. The van der Waals surface area contributed by atoms with Crippen molar-refractivity contribution in [3.8, 4) is 0 Å². The summed E-state index contributed by atoms with van der Waals surface area (Å²) in [7, 11) is -1.74. The fourth-order valence-electron chi connectivity index (χ4n) is 5.57. The van der Waals surface area contributed by atoms with Gasteiger partial charge in [0, 0.05) is 0 Å². The molecule has 0 aromatic heterocycles. The second-order valence-corrected chi connectivity index (χ2v) is 29.7. The molecule has 0 saturated carbocycles. The predicted molar refractivity (Wildman–Crippen MR) is 152 cm³/mol. The van der Waals surface area contributed by atoms with Crippen LogP contribution in [0.2, 0.25) is 31.4 Å². The molecule has 0 bridgehead atoms. The molecule has 1 heterocycles. The van der Waals surface area contributed by atoms with Crippen LogP contribution in [0.1, 0.15) is 105 Å². The molecule has 0 amide bonds. The van der Waals surface area contributed by atoms with E-state index in [1.807, 2.05) is 0 Å². The number of hydrogen-bond donors (Lipinski definition) is 0. The molecule has 33 heavy (non-hydrogen) atoms. The van der Waals surface area contributed by atoms with Crippen LogP contribution < -0.4 is 0 Å². The molecule has 0 aliphatic carbocycles. The third kappa shape index (κ3) is 7.82. The van der Waals surface area contributed by atoms with Crippen LogP contribution in [-0.2, 0) is 4.43 Å². The zero-order chi connectivity index (χ0) is 24.5. The van der Waals surface area contributed by atoms with E-state index in [2.05, 4.69) is 88.1 Å². The minimum atomic E-state index is -2.59. The van der Waals surface area contributed by atoms with Gasteiger partial charge in [-0.1, -0.05) is 0 Å². The Bertz CT molecular complexity index is 650. The molecule has 0 spiro atoms. The number of rotatable bonds is 14. The summed E-state index contributed by atoms with van der Waals surface area (Å²) < 4.78 is 14.8. The van der Waals surface area contributed by atoms with Crippen LogP contribution in [0.25, 0.3) is 0 Å². The fraction of sp³-hybridized carbons (Fsp3) is 0.793. The van der Waals surface area contributed by atoms with E-state index in [-0.39, 0.29) is 5.04 Å². The van der Waals surface area contributed by atoms with Crippen molar-refractivity contribution in [2.24, 2.45) is 0 Å². The SMILES string of the molecule is CCC[CH2][Sn]([CH2]CCC)([CH2]CCC)[N]1[C@H](CO[Si](C)(C)C(C)(C)C)CC[C@H]1c1ccccc1. The predicted octanol–water partition coefficient (Wildman–Crippen LogP) is 9.56. The second kappa shape index (κ2) is 13.5. The van der Waals surface area contributed by atoms with Crippen LogP contribution in [-0.4, -0.2) is 42.7 Å². The van der Waals surface area contributed by atoms with E-state index in [9.17, 15) is 0 Å². The van der Waals surface area contributed by atoms with Gasteiger partial charge in [-0.15, -0.1) is 0 Å². The van der Waals surface area contributed by atoms with Gasteiger partial charge < -0.3 is 0 Å². The van der Waals surface area contributed by atoms with Gasteiger partial charge in [0.15, 0.2) is 0 Å². The summed E-state index contributed by atoms with van der Waals surface area (Å²) in [5.41, 5.74) is 1.57. The minimum absolute atomic E-state index is 0.280. The van der Waals surface area contributed by atoms with Gasteiger partial charge >= 0.3 is 213 Å². The first-order chi connectivity index (χ1) is 15.6. The molecule has 0 N–H and O–H groups in total. The summed E-state index contributed by atoms with van der Waals surface area (Å²) in [5, 5.41) is 0.280. The normalized spacial score (nSPS) is 20.5. The molecule has 1 aromatic rings. The average Bonchev–Trinajstić information content (AvgIpc) is 3.22. The molecule has 0 unspecified atom stereocenters. The van der Waals surface area contributed by atoms with Gasteiger partial charge in [-0.2, -0.15) is 0 Å². The summed E-state index contributed by atoms with van der Waals surface area (Å²) >= 11 is -2.59. The van der Waals surface area contributed by atoms with Gasteiger partial charge in [-0.05, 0) is 0 Å². The molecule has 1 saturated heterocycles. The molecule has 2 rings (SSSR count). The Balaban J connectivity index is 2.45. The molecule has 2 nitrogen and oxygen atoms in total. The molecule has 2 atom stereocenters. The Labute approximate surface area is 212 Å². The van der Waals surface area contributed by atoms with E-state index in [4.69, 9.17) is 4.43 Å². The van der Waals surface area contributed by atoms with Gasteiger partial charge in [0.25, 0.3) is 0 Å². The number of hydrogen-bond acceptors (Lipinski definition) is 2. The topological polar surface area (TPSA) is 12.5 Å². The first kappa shape index (κ1) is 29.4. The van der Waals surface area contributed by atoms with Crippen LogP contribution >= 0.6 is 0 Å². The van der Waals surface area contributed by atoms with Crippen molar-refractivity contribution >= 4 is 27.0 Å². The van der Waals surface area contributed by atoms with E-state index >= 15 is 0 Å². The molecular weight excluding hydrogens is 525 g/mol. The monoisotopic (exact) mass is 581 g/mol. The molecule has 4 heteroatoms. The zero-order valence-electron chi connectivity index (χ0n) is 23.4. The van der Waals surface area contributed by atoms with Gasteiger partial charge in [-0.3, -0.25) is 0 Å². The third-order valence-corrected chi connectivity index (χ3v) is 29.2.